The van der Waals surface area contributed by atoms with Gasteiger partial charge in [-0.15, -0.1) is 0 Å². The Hall–Kier alpha value is -3.96. The minimum atomic E-state index is -3.37. The molecule has 4 aromatic rings. The molecule has 0 bridgehead atoms. The van der Waals surface area contributed by atoms with Crippen LogP contribution in [0.3, 0.4) is 0 Å². The van der Waals surface area contributed by atoms with Gasteiger partial charge in [-0.05, 0) is 23.3 Å². The first-order chi connectivity index (χ1) is 16.4. The van der Waals surface area contributed by atoms with E-state index in [1.54, 1.807) is 24.3 Å². The van der Waals surface area contributed by atoms with Crippen LogP contribution >= 0.6 is 0 Å². The summed E-state index contributed by atoms with van der Waals surface area (Å²) in [6, 6.07) is 35.3. The van der Waals surface area contributed by atoms with E-state index < -0.39 is 21.4 Å². The van der Waals surface area contributed by atoms with E-state index in [4.69, 9.17) is 4.74 Å². The average molecular weight is 467 g/mol. The summed E-state index contributed by atoms with van der Waals surface area (Å²) in [7, 11) is -3.37. The Labute approximate surface area is 199 Å². The van der Waals surface area contributed by atoms with Crippen molar-refractivity contribution in [2.24, 2.45) is 0 Å². The number of rotatable bonds is 5. The van der Waals surface area contributed by atoms with E-state index >= 15 is 0 Å². The molecule has 4 aromatic carbocycles. The van der Waals surface area contributed by atoms with E-state index in [0.717, 1.165) is 16.7 Å². The molecule has 0 saturated carbocycles. The second-order valence-corrected chi connectivity index (χ2v) is 10.2. The van der Waals surface area contributed by atoms with Gasteiger partial charge in [0.2, 0.25) is 0 Å². The fourth-order valence-corrected chi connectivity index (χ4v) is 5.15. The molecule has 0 N–H and O–H groups in total. The number of benzene rings is 4. The number of sulfone groups is 1. The van der Waals surface area contributed by atoms with Crippen LogP contribution in [0.25, 0.3) is 11.1 Å². The number of carbonyl (C=O) groups is 1. The van der Waals surface area contributed by atoms with Gasteiger partial charge < -0.3 is 4.74 Å². The molecule has 0 fully saturated rings. The van der Waals surface area contributed by atoms with Gasteiger partial charge >= 0.3 is 5.97 Å². The van der Waals surface area contributed by atoms with Crippen molar-refractivity contribution in [3.05, 3.63) is 138 Å². The van der Waals surface area contributed by atoms with Crippen LogP contribution in [0.15, 0.2) is 120 Å². The third kappa shape index (κ3) is 3.64. The maximum Gasteiger partial charge on any atom is 0.340 e. The molecule has 0 atom stereocenters. The smallest absolute Gasteiger partial charge is 0.340 e. The highest BCUT2D eigenvalue weighted by Crippen LogP contribution is 2.53. The van der Waals surface area contributed by atoms with Crippen molar-refractivity contribution in [3.8, 4) is 0 Å². The van der Waals surface area contributed by atoms with Gasteiger partial charge in [0.25, 0.3) is 0 Å². The molecular formula is C29H22O4S. The first-order valence-electron chi connectivity index (χ1n) is 10.9. The van der Waals surface area contributed by atoms with Crippen molar-refractivity contribution in [1.29, 1.82) is 0 Å². The molecule has 0 aromatic heterocycles. The molecule has 0 saturated heterocycles. The Morgan fingerprint density at radius 2 is 1.09 bits per heavy atom. The van der Waals surface area contributed by atoms with Crippen molar-refractivity contribution in [2.45, 2.75) is 10.5 Å². The highest BCUT2D eigenvalue weighted by molar-refractivity contribution is 7.90. The molecule has 34 heavy (non-hydrogen) atoms. The lowest BCUT2D eigenvalue weighted by Gasteiger charge is -2.32. The third-order valence-electron chi connectivity index (χ3n) is 6.05. The Morgan fingerprint density at radius 3 is 1.56 bits per heavy atom. The van der Waals surface area contributed by atoms with Gasteiger partial charge in [-0.25, -0.2) is 13.2 Å². The van der Waals surface area contributed by atoms with Gasteiger partial charge in [-0.3, -0.25) is 0 Å². The van der Waals surface area contributed by atoms with E-state index in [9.17, 15) is 13.2 Å². The van der Waals surface area contributed by atoms with E-state index in [-0.39, 0.29) is 4.90 Å². The molecule has 0 unspecified atom stereocenters. The van der Waals surface area contributed by atoms with Crippen LogP contribution in [-0.2, 0) is 25.0 Å². The molecule has 1 aliphatic heterocycles. The molecule has 0 spiro atoms. The Kier molecular flexibility index (Phi) is 5.42. The minimum Gasteiger partial charge on any atom is -0.441 e. The Morgan fingerprint density at radius 1 is 0.618 bits per heavy atom. The molecular weight excluding hydrogens is 444 g/mol. The van der Waals surface area contributed by atoms with Crippen LogP contribution in [0.4, 0.5) is 0 Å². The van der Waals surface area contributed by atoms with Gasteiger partial charge in [0.15, 0.2) is 15.4 Å². The van der Waals surface area contributed by atoms with Crippen molar-refractivity contribution < 1.29 is 17.9 Å². The van der Waals surface area contributed by atoms with Crippen LogP contribution < -0.4 is 0 Å². The van der Waals surface area contributed by atoms with Crippen LogP contribution in [-0.4, -0.2) is 20.6 Å². The number of esters is 1. The van der Waals surface area contributed by atoms with Crippen molar-refractivity contribution >= 4 is 27.0 Å². The summed E-state index contributed by atoms with van der Waals surface area (Å²) in [4.78, 5) is 13.8. The zero-order valence-corrected chi connectivity index (χ0v) is 19.3. The zero-order chi connectivity index (χ0) is 23.8. The Balaban J connectivity index is 1.88. The lowest BCUT2D eigenvalue weighted by atomic mass is 9.76. The Bertz CT molecular complexity index is 1430. The fraction of sp³-hybridized carbons (Fsp3) is 0.0690. The number of ether oxygens (including phenoxy) is 1. The van der Waals surface area contributed by atoms with E-state index in [1.807, 2.05) is 91.0 Å². The topological polar surface area (TPSA) is 60.4 Å². The molecule has 0 radical (unpaired) electrons. The maximum absolute atomic E-state index is 13.6. The van der Waals surface area contributed by atoms with Gasteiger partial charge in [0, 0.05) is 23.0 Å². The van der Waals surface area contributed by atoms with Crippen LogP contribution in [0, 0.1) is 0 Å². The molecule has 0 amide bonds. The summed E-state index contributed by atoms with van der Waals surface area (Å²) in [6.07, 6.45) is 1.18. The van der Waals surface area contributed by atoms with Crippen LogP contribution in [0.2, 0.25) is 0 Å². The second-order valence-electron chi connectivity index (χ2n) is 8.22. The summed E-state index contributed by atoms with van der Waals surface area (Å²) < 4.78 is 30.5. The summed E-state index contributed by atoms with van der Waals surface area (Å²) >= 11 is 0. The second kappa shape index (κ2) is 8.43. The molecule has 5 rings (SSSR count). The molecule has 168 valence electrons. The lowest BCUT2D eigenvalue weighted by Crippen LogP contribution is -2.30. The number of hydrogen-bond acceptors (Lipinski definition) is 4. The predicted molar refractivity (Wildman–Crippen MR) is 133 cm³/mol. The zero-order valence-electron chi connectivity index (χ0n) is 18.5. The molecule has 5 heteroatoms. The van der Waals surface area contributed by atoms with E-state index in [2.05, 4.69) is 0 Å². The fourth-order valence-electron chi connectivity index (χ4n) is 4.52. The molecule has 0 aliphatic carbocycles. The minimum absolute atomic E-state index is 0.216. The SMILES string of the molecule is CS(=O)(=O)c1ccc(C2=C(c3ccccc3)C(=O)OC2(c2ccccc2)c2ccccc2)cc1. The quantitative estimate of drug-likeness (QED) is 0.364. The predicted octanol–water partition coefficient (Wildman–Crippen LogP) is 5.50. The summed E-state index contributed by atoms with van der Waals surface area (Å²) in [5.41, 5.74) is 3.01. The van der Waals surface area contributed by atoms with Crippen LogP contribution in [0.5, 0.6) is 0 Å². The maximum atomic E-state index is 13.6. The molecule has 1 aliphatic rings. The van der Waals surface area contributed by atoms with Gasteiger partial charge in [-0.2, -0.15) is 0 Å². The van der Waals surface area contributed by atoms with E-state index in [0.29, 0.717) is 16.7 Å². The number of hydrogen-bond donors (Lipinski definition) is 0. The van der Waals surface area contributed by atoms with Gasteiger partial charge in [-0.1, -0.05) is 103 Å². The van der Waals surface area contributed by atoms with Crippen molar-refractivity contribution in [1.82, 2.24) is 0 Å². The standard InChI is InChI=1S/C29H22O4S/c1-34(31,32)25-19-17-22(18-20-25)27-26(21-11-5-2-6-12-21)28(30)33-29(27,23-13-7-3-8-14-23)24-15-9-4-10-16-24/h2-20H,1H3. The largest absolute Gasteiger partial charge is 0.441 e. The summed E-state index contributed by atoms with van der Waals surface area (Å²) in [5.74, 6) is -0.430. The summed E-state index contributed by atoms with van der Waals surface area (Å²) in [6.45, 7) is 0. The van der Waals surface area contributed by atoms with Gasteiger partial charge in [0.05, 0.1) is 10.5 Å². The first-order valence-corrected chi connectivity index (χ1v) is 12.8. The van der Waals surface area contributed by atoms with Crippen molar-refractivity contribution in [2.75, 3.05) is 6.26 Å². The van der Waals surface area contributed by atoms with E-state index in [1.165, 1.54) is 6.26 Å². The number of carbonyl (C=O) groups excluding carboxylic acids is 1. The highest BCUT2D eigenvalue weighted by atomic mass is 32.2. The summed E-state index contributed by atoms with van der Waals surface area (Å²) in [5, 5.41) is 0. The molecule has 1 heterocycles. The normalized spacial score (nSPS) is 15.3. The lowest BCUT2D eigenvalue weighted by molar-refractivity contribution is -0.142. The average Bonchev–Trinajstić information content (AvgIpc) is 3.19. The van der Waals surface area contributed by atoms with Crippen LogP contribution in [0.1, 0.15) is 22.3 Å². The monoisotopic (exact) mass is 466 g/mol. The number of cyclic esters (lactones) is 1. The third-order valence-corrected chi connectivity index (χ3v) is 7.17. The highest BCUT2D eigenvalue weighted by Gasteiger charge is 2.51. The molecule has 4 nitrogen and oxygen atoms in total. The first kappa shape index (κ1) is 21.9. The van der Waals surface area contributed by atoms with Crippen molar-refractivity contribution in [3.63, 3.8) is 0 Å². The van der Waals surface area contributed by atoms with Gasteiger partial charge in [0.1, 0.15) is 0 Å².